The van der Waals surface area contributed by atoms with Crippen LogP contribution in [0.1, 0.15) is 38.5 Å². The van der Waals surface area contributed by atoms with Crippen LogP contribution in [0.5, 0.6) is 0 Å². The van der Waals surface area contributed by atoms with Gasteiger partial charge in [-0.15, -0.1) is 0 Å². The highest BCUT2D eigenvalue weighted by Crippen LogP contribution is 2.38. The average Bonchev–Trinajstić information content (AvgIpc) is 2.53. The molecule has 3 rings (SSSR count). The third-order valence-corrected chi connectivity index (χ3v) is 7.82. The zero-order valence-corrected chi connectivity index (χ0v) is 14.5. The van der Waals surface area contributed by atoms with Gasteiger partial charge in [0.15, 0.2) is 0 Å². The summed E-state index contributed by atoms with van der Waals surface area (Å²) < 4.78 is 50.1. The second-order valence-electron chi connectivity index (χ2n) is 6.39. The molecule has 6 nitrogen and oxygen atoms in total. The van der Waals surface area contributed by atoms with Gasteiger partial charge in [-0.05, 0) is 55.9 Å². The second kappa shape index (κ2) is 6.16. The highest BCUT2D eigenvalue weighted by molar-refractivity contribution is 7.89. The molecule has 1 saturated heterocycles. The molecular weight excluding hydrogens is 336 g/mol. The molecule has 1 aliphatic carbocycles. The number of rotatable bonds is 3. The van der Waals surface area contributed by atoms with E-state index in [1.54, 1.807) is 4.31 Å². The molecule has 1 heterocycles. The summed E-state index contributed by atoms with van der Waals surface area (Å²) >= 11 is 0. The van der Waals surface area contributed by atoms with Crippen molar-refractivity contribution in [1.82, 2.24) is 4.31 Å². The maximum absolute atomic E-state index is 12.9. The predicted molar refractivity (Wildman–Crippen MR) is 86.7 cm³/mol. The van der Waals surface area contributed by atoms with Crippen molar-refractivity contribution in [3.8, 4) is 0 Å². The molecule has 2 aliphatic rings. The average molecular weight is 358 g/mol. The van der Waals surface area contributed by atoms with Crippen LogP contribution in [0.3, 0.4) is 0 Å². The summed E-state index contributed by atoms with van der Waals surface area (Å²) in [6, 6.07) is 5.26. The Balaban J connectivity index is 1.91. The van der Waals surface area contributed by atoms with Gasteiger partial charge in [-0.25, -0.2) is 22.0 Å². The molecule has 0 radical (unpaired) electrons. The predicted octanol–water partition coefficient (Wildman–Crippen LogP) is 1.68. The van der Waals surface area contributed by atoms with Crippen LogP contribution in [-0.4, -0.2) is 33.7 Å². The van der Waals surface area contributed by atoms with Crippen molar-refractivity contribution < 1.29 is 16.8 Å². The van der Waals surface area contributed by atoms with Crippen molar-refractivity contribution in [3.05, 3.63) is 24.3 Å². The Morgan fingerprint density at radius 3 is 2.09 bits per heavy atom. The van der Waals surface area contributed by atoms with Crippen LogP contribution in [0.2, 0.25) is 0 Å². The van der Waals surface area contributed by atoms with Gasteiger partial charge in [-0.1, -0.05) is 12.8 Å². The second-order valence-corrected chi connectivity index (χ2v) is 9.84. The van der Waals surface area contributed by atoms with Gasteiger partial charge in [-0.3, -0.25) is 0 Å². The molecule has 1 aromatic carbocycles. The molecule has 2 N–H and O–H groups in total. The van der Waals surface area contributed by atoms with Gasteiger partial charge < -0.3 is 0 Å². The molecule has 23 heavy (non-hydrogen) atoms. The first kappa shape index (κ1) is 16.9. The molecule has 0 aromatic heterocycles. The lowest BCUT2D eigenvalue weighted by atomic mass is 9.79. The quantitative estimate of drug-likeness (QED) is 0.889. The minimum atomic E-state index is -3.82. The number of sulfonamides is 2. The Morgan fingerprint density at radius 1 is 0.870 bits per heavy atom. The molecule has 1 saturated carbocycles. The SMILES string of the molecule is NS(=O)(=O)c1ccc(S(=O)(=O)N2CCCC3CCCCC32)cc1. The number of nitrogens with zero attached hydrogens (tertiary/aromatic N) is 1. The summed E-state index contributed by atoms with van der Waals surface area (Å²) in [5.41, 5.74) is 0. The van der Waals surface area contributed by atoms with E-state index in [0.29, 0.717) is 12.5 Å². The van der Waals surface area contributed by atoms with Crippen LogP contribution in [0.25, 0.3) is 0 Å². The third kappa shape index (κ3) is 3.31. The van der Waals surface area contributed by atoms with E-state index in [1.165, 1.54) is 30.7 Å². The van der Waals surface area contributed by atoms with E-state index in [4.69, 9.17) is 5.14 Å². The maximum Gasteiger partial charge on any atom is 0.243 e. The van der Waals surface area contributed by atoms with E-state index < -0.39 is 20.0 Å². The Kier molecular flexibility index (Phi) is 4.52. The van der Waals surface area contributed by atoms with E-state index in [0.717, 1.165) is 32.1 Å². The number of benzene rings is 1. The molecule has 2 atom stereocenters. The van der Waals surface area contributed by atoms with Gasteiger partial charge in [-0.2, -0.15) is 4.31 Å². The van der Waals surface area contributed by atoms with Crippen LogP contribution >= 0.6 is 0 Å². The number of nitrogens with two attached hydrogens (primary N) is 1. The van der Waals surface area contributed by atoms with Gasteiger partial charge >= 0.3 is 0 Å². The lowest BCUT2D eigenvalue weighted by molar-refractivity contribution is 0.129. The fourth-order valence-corrected chi connectivity index (χ4v) is 6.08. The lowest BCUT2D eigenvalue weighted by Crippen LogP contribution is -2.49. The smallest absolute Gasteiger partial charge is 0.225 e. The van der Waals surface area contributed by atoms with E-state index in [2.05, 4.69) is 0 Å². The number of hydrogen-bond donors (Lipinski definition) is 1. The summed E-state index contributed by atoms with van der Waals surface area (Å²) in [5, 5.41) is 5.06. The Morgan fingerprint density at radius 2 is 1.43 bits per heavy atom. The summed E-state index contributed by atoms with van der Waals surface area (Å²) in [6.45, 7) is 0.542. The van der Waals surface area contributed by atoms with E-state index in [9.17, 15) is 16.8 Å². The van der Waals surface area contributed by atoms with Gasteiger partial charge in [0.05, 0.1) is 9.79 Å². The normalized spacial score (nSPS) is 26.7. The summed E-state index contributed by atoms with van der Waals surface area (Å²) in [7, 11) is -7.41. The van der Waals surface area contributed by atoms with Crippen molar-refractivity contribution in [1.29, 1.82) is 0 Å². The van der Waals surface area contributed by atoms with Gasteiger partial charge in [0.1, 0.15) is 0 Å². The molecule has 2 unspecified atom stereocenters. The Bertz CT molecular complexity index is 770. The van der Waals surface area contributed by atoms with Crippen molar-refractivity contribution in [3.63, 3.8) is 0 Å². The number of primary sulfonamides is 1. The van der Waals surface area contributed by atoms with E-state index >= 15 is 0 Å². The monoisotopic (exact) mass is 358 g/mol. The van der Waals surface area contributed by atoms with Crippen molar-refractivity contribution in [2.45, 2.75) is 54.4 Å². The molecule has 0 bridgehead atoms. The maximum atomic E-state index is 12.9. The summed E-state index contributed by atoms with van der Waals surface area (Å²) in [6.07, 6.45) is 6.24. The van der Waals surface area contributed by atoms with E-state index in [1.807, 2.05) is 0 Å². The minimum Gasteiger partial charge on any atom is -0.225 e. The zero-order valence-electron chi connectivity index (χ0n) is 12.9. The molecule has 0 spiro atoms. The highest BCUT2D eigenvalue weighted by Gasteiger charge is 2.39. The largest absolute Gasteiger partial charge is 0.243 e. The molecule has 1 aromatic rings. The molecular formula is C15H22N2O4S2. The van der Waals surface area contributed by atoms with Gasteiger partial charge in [0, 0.05) is 12.6 Å². The lowest BCUT2D eigenvalue weighted by Gasteiger charge is -2.43. The van der Waals surface area contributed by atoms with E-state index in [-0.39, 0.29) is 15.8 Å². The van der Waals surface area contributed by atoms with Crippen LogP contribution in [0, 0.1) is 5.92 Å². The fraction of sp³-hybridized carbons (Fsp3) is 0.600. The number of hydrogen-bond acceptors (Lipinski definition) is 4. The highest BCUT2D eigenvalue weighted by atomic mass is 32.2. The summed E-state index contributed by atoms with van der Waals surface area (Å²) in [4.78, 5) is 0.0572. The molecule has 8 heteroatoms. The zero-order chi connectivity index (χ0) is 16.7. The van der Waals surface area contributed by atoms with Crippen LogP contribution in [0.15, 0.2) is 34.1 Å². The van der Waals surface area contributed by atoms with Gasteiger partial charge in [0.25, 0.3) is 0 Å². The standard InChI is InChI=1S/C15H22N2O4S2/c16-22(18,19)13-7-9-14(10-8-13)23(20,21)17-11-3-5-12-4-1-2-6-15(12)17/h7-10,12,15H,1-6,11H2,(H2,16,18,19). The Hall–Kier alpha value is -0.960. The van der Waals surface area contributed by atoms with Crippen LogP contribution in [0.4, 0.5) is 0 Å². The van der Waals surface area contributed by atoms with Crippen molar-refractivity contribution in [2.24, 2.45) is 11.1 Å². The topological polar surface area (TPSA) is 97.5 Å². The van der Waals surface area contributed by atoms with Gasteiger partial charge in [0.2, 0.25) is 20.0 Å². The van der Waals surface area contributed by atoms with Crippen LogP contribution in [-0.2, 0) is 20.0 Å². The Labute approximate surface area is 137 Å². The van der Waals surface area contributed by atoms with Crippen LogP contribution < -0.4 is 5.14 Å². The molecule has 1 aliphatic heterocycles. The fourth-order valence-electron chi connectivity index (χ4n) is 3.81. The molecule has 0 amide bonds. The summed E-state index contributed by atoms with van der Waals surface area (Å²) in [5.74, 6) is 0.455. The number of fused-ring (bicyclic) bond motifs is 1. The third-order valence-electron chi connectivity index (χ3n) is 4.95. The van der Waals surface area contributed by atoms with Crippen molar-refractivity contribution in [2.75, 3.05) is 6.54 Å². The first-order valence-corrected chi connectivity index (χ1v) is 10.9. The molecule has 128 valence electrons. The number of piperidine rings is 1. The first-order chi connectivity index (χ1) is 10.8. The first-order valence-electron chi connectivity index (χ1n) is 7.95. The van der Waals surface area contributed by atoms with Crippen molar-refractivity contribution >= 4 is 20.0 Å². The minimum absolute atomic E-state index is 0.0781. The molecule has 2 fully saturated rings.